The first-order valence-electron chi connectivity index (χ1n) is 6.82. The van der Waals surface area contributed by atoms with Crippen molar-refractivity contribution >= 4 is 0 Å². The van der Waals surface area contributed by atoms with Crippen LogP contribution in [0.2, 0.25) is 0 Å². The van der Waals surface area contributed by atoms with E-state index < -0.39 is 0 Å². The molecular formula is C14H30N2O. The largest absolute Gasteiger partial charge is 0.383 e. The molecule has 1 rings (SSSR count). The summed E-state index contributed by atoms with van der Waals surface area (Å²) < 4.78 is 5.44. The maximum Gasteiger partial charge on any atom is 0.0661 e. The molecule has 0 spiro atoms. The lowest BCUT2D eigenvalue weighted by atomic mass is 9.78. The Morgan fingerprint density at radius 1 is 1.29 bits per heavy atom. The standard InChI is InChI=1S/C14H30N2O/c1-12(2)14(10-15,11-17-5)16-8-6-13(3,4)7-9-16/h12H,6-11,15H2,1-5H3. The summed E-state index contributed by atoms with van der Waals surface area (Å²) in [4.78, 5) is 2.56. The maximum absolute atomic E-state index is 6.07. The summed E-state index contributed by atoms with van der Waals surface area (Å²) >= 11 is 0. The van der Waals surface area contributed by atoms with Crippen molar-refractivity contribution in [2.75, 3.05) is 33.4 Å². The number of rotatable bonds is 5. The van der Waals surface area contributed by atoms with Gasteiger partial charge in [-0.2, -0.15) is 0 Å². The van der Waals surface area contributed by atoms with Crippen molar-refractivity contribution < 1.29 is 4.74 Å². The minimum absolute atomic E-state index is 0.0191. The van der Waals surface area contributed by atoms with Gasteiger partial charge in [-0.25, -0.2) is 0 Å². The van der Waals surface area contributed by atoms with Gasteiger partial charge in [0.2, 0.25) is 0 Å². The van der Waals surface area contributed by atoms with Gasteiger partial charge in [-0.15, -0.1) is 0 Å². The zero-order valence-electron chi connectivity index (χ0n) is 12.3. The van der Waals surface area contributed by atoms with Crippen LogP contribution >= 0.6 is 0 Å². The molecule has 2 N–H and O–H groups in total. The van der Waals surface area contributed by atoms with E-state index in [0.717, 1.165) is 19.7 Å². The van der Waals surface area contributed by atoms with Gasteiger partial charge in [-0.1, -0.05) is 27.7 Å². The van der Waals surface area contributed by atoms with E-state index in [2.05, 4.69) is 32.6 Å². The third-order valence-corrected chi connectivity index (χ3v) is 4.57. The van der Waals surface area contributed by atoms with Crippen LogP contribution in [0.3, 0.4) is 0 Å². The van der Waals surface area contributed by atoms with Crippen LogP contribution in [0.1, 0.15) is 40.5 Å². The normalized spacial score (nSPS) is 24.9. The third kappa shape index (κ3) is 3.21. The summed E-state index contributed by atoms with van der Waals surface area (Å²) in [5.41, 5.74) is 6.58. The second kappa shape index (κ2) is 5.68. The SMILES string of the molecule is COCC(CN)(C(C)C)N1CCC(C)(C)CC1. The van der Waals surface area contributed by atoms with E-state index in [-0.39, 0.29) is 5.54 Å². The van der Waals surface area contributed by atoms with Crippen LogP contribution in [0.15, 0.2) is 0 Å². The van der Waals surface area contributed by atoms with Gasteiger partial charge < -0.3 is 10.5 Å². The zero-order chi connectivity index (χ0) is 13.1. The molecule has 1 aliphatic rings. The fourth-order valence-electron chi connectivity index (χ4n) is 2.85. The van der Waals surface area contributed by atoms with Crippen LogP contribution in [-0.4, -0.2) is 43.8 Å². The molecule has 3 heteroatoms. The fraction of sp³-hybridized carbons (Fsp3) is 1.00. The van der Waals surface area contributed by atoms with Crippen LogP contribution in [0, 0.1) is 11.3 Å². The van der Waals surface area contributed by atoms with Gasteiger partial charge in [0.1, 0.15) is 0 Å². The number of likely N-dealkylation sites (tertiary alicyclic amines) is 1. The van der Waals surface area contributed by atoms with Gasteiger partial charge in [0.15, 0.2) is 0 Å². The monoisotopic (exact) mass is 242 g/mol. The number of ether oxygens (including phenoxy) is 1. The predicted octanol–water partition coefficient (Wildman–Crippen LogP) is 2.11. The molecule has 0 saturated carbocycles. The van der Waals surface area contributed by atoms with E-state index in [1.54, 1.807) is 7.11 Å². The first-order chi connectivity index (χ1) is 7.88. The number of nitrogens with two attached hydrogens (primary N) is 1. The van der Waals surface area contributed by atoms with E-state index >= 15 is 0 Å². The molecule has 1 unspecified atom stereocenters. The molecule has 3 nitrogen and oxygen atoms in total. The first kappa shape index (κ1) is 14.9. The van der Waals surface area contributed by atoms with Crippen molar-refractivity contribution in [3.8, 4) is 0 Å². The van der Waals surface area contributed by atoms with E-state index in [1.165, 1.54) is 12.8 Å². The highest BCUT2D eigenvalue weighted by molar-refractivity contribution is 4.97. The maximum atomic E-state index is 6.07. The summed E-state index contributed by atoms with van der Waals surface area (Å²) in [7, 11) is 1.78. The zero-order valence-corrected chi connectivity index (χ0v) is 12.3. The van der Waals surface area contributed by atoms with Gasteiger partial charge in [0.05, 0.1) is 12.1 Å². The first-order valence-corrected chi connectivity index (χ1v) is 6.82. The highest BCUT2D eigenvalue weighted by Gasteiger charge is 2.41. The van der Waals surface area contributed by atoms with Crippen LogP contribution in [0.5, 0.6) is 0 Å². The molecule has 17 heavy (non-hydrogen) atoms. The number of methoxy groups -OCH3 is 1. The summed E-state index contributed by atoms with van der Waals surface area (Å²) in [5.74, 6) is 0.522. The summed E-state index contributed by atoms with van der Waals surface area (Å²) in [6.07, 6.45) is 2.51. The molecule has 0 aliphatic carbocycles. The average molecular weight is 242 g/mol. The van der Waals surface area contributed by atoms with E-state index in [4.69, 9.17) is 10.5 Å². The van der Waals surface area contributed by atoms with Crippen molar-refractivity contribution in [2.45, 2.75) is 46.1 Å². The van der Waals surface area contributed by atoms with E-state index in [0.29, 0.717) is 17.9 Å². The van der Waals surface area contributed by atoms with Gasteiger partial charge in [0, 0.05) is 13.7 Å². The minimum atomic E-state index is 0.0191. The molecule has 0 aromatic carbocycles. The highest BCUT2D eigenvalue weighted by Crippen LogP contribution is 2.35. The van der Waals surface area contributed by atoms with Gasteiger partial charge >= 0.3 is 0 Å². The Morgan fingerprint density at radius 2 is 1.82 bits per heavy atom. The molecule has 1 fully saturated rings. The second-order valence-corrected chi connectivity index (χ2v) is 6.55. The summed E-state index contributed by atoms with van der Waals surface area (Å²) in [5, 5.41) is 0. The molecule has 0 radical (unpaired) electrons. The number of piperidine rings is 1. The molecule has 1 atom stereocenters. The summed E-state index contributed by atoms with van der Waals surface area (Å²) in [6.45, 7) is 12.9. The quantitative estimate of drug-likeness (QED) is 0.802. The molecule has 0 aromatic rings. The van der Waals surface area contributed by atoms with E-state index in [9.17, 15) is 0 Å². The predicted molar refractivity (Wildman–Crippen MR) is 73.1 cm³/mol. The lowest BCUT2D eigenvalue weighted by Gasteiger charge is -2.50. The van der Waals surface area contributed by atoms with Crippen LogP contribution < -0.4 is 5.73 Å². The Bertz CT molecular complexity index is 230. The molecular weight excluding hydrogens is 212 g/mol. The second-order valence-electron chi connectivity index (χ2n) is 6.55. The molecule has 1 aliphatic heterocycles. The lowest BCUT2D eigenvalue weighted by molar-refractivity contribution is -0.0426. The van der Waals surface area contributed by atoms with Crippen molar-refractivity contribution in [1.82, 2.24) is 4.90 Å². The third-order valence-electron chi connectivity index (χ3n) is 4.57. The van der Waals surface area contributed by atoms with Crippen LogP contribution in [-0.2, 0) is 4.74 Å². The fourth-order valence-corrected chi connectivity index (χ4v) is 2.85. The topological polar surface area (TPSA) is 38.5 Å². The molecule has 0 amide bonds. The Balaban J connectivity index is 2.78. The van der Waals surface area contributed by atoms with Crippen molar-refractivity contribution in [1.29, 1.82) is 0 Å². The Morgan fingerprint density at radius 3 is 2.18 bits per heavy atom. The highest BCUT2D eigenvalue weighted by atomic mass is 16.5. The van der Waals surface area contributed by atoms with Crippen molar-refractivity contribution in [3.63, 3.8) is 0 Å². The summed E-state index contributed by atoms with van der Waals surface area (Å²) in [6, 6.07) is 0. The average Bonchev–Trinajstić information content (AvgIpc) is 2.26. The lowest BCUT2D eigenvalue weighted by Crippen LogP contribution is -2.62. The van der Waals surface area contributed by atoms with Gasteiger partial charge in [0.25, 0.3) is 0 Å². The van der Waals surface area contributed by atoms with Crippen molar-refractivity contribution in [3.05, 3.63) is 0 Å². The molecule has 1 saturated heterocycles. The van der Waals surface area contributed by atoms with Crippen molar-refractivity contribution in [2.24, 2.45) is 17.1 Å². The number of hydrogen-bond acceptors (Lipinski definition) is 3. The van der Waals surface area contributed by atoms with Gasteiger partial charge in [-0.3, -0.25) is 4.90 Å². The van der Waals surface area contributed by atoms with Gasteiger partial charge in [-0.05, 0) is 37.3 Å². The van der Waals surface area contributed by atoms with Crippen LogP contribution in [0.4, 0.5) is 0 Å². The molecule has 0 bridgehead atoms. The molecule has 102 valence electrons. The Hall–Kier alpha value is -0.120. The smallest absolute Gasteiger partial charge is 0.0661 e. The van der Waals surface area contributed by atoms with E-state index in [1.807, 2.05) is 0 Å². The Kier molecular flexibility index (Phi) is 4.99. The molecule has 0 aromatic heterocycles. The Labute approximate surface area is 107 Å². The minimum Gasteiger partial charge on any atom is -0.383 e. The molecule has 1 heterocycles. The number of nitrogens with zero attached hydrogens (tertiary/aromatic N) is 1. The number of hydrogen-bond donors (Lipinski definition) is 1. The van der Waals surface area contributed by atoms with Crippen LogP contribution in [0.25, 0.3) is 0 Å².